The summed E-state index contributed by atoms with van der Waals surface area (Å²) in [5.41, 5.74) is 0.932. The maximum atomic E-state index is 11.7. The van der Waals surface area contributed by atoms with E-state index >= 15 is 0 Å². The van der Waals surface area contributed by atoms with Crippen LogP contribution < -0.4 is 24.8 Å². The lowest BCUT2D eigenvalue weighted by atomic mass is 10.2. The van der Waals surface area contributed by atoms with Gasteiger partial charge in [0.05, 0.1) is 14.2 Å². The van der Waals surface area contributed by atoms with Crippen LogP contribution in [-0.4, -0.2) is 38.8 Å². The Kier molecular flexibility index (Phi) is 6.49. The number of methoxy groups -OCH3 is 2. The van der Waals surface area contributed by atoms with E-state index in [4.69, 9.17) is 14.2 Å². The molecule has 0 atom stereocenters. The molecular weight excluding hydrogens is 288 g/mol. The monoisotopic (exact) mass is 310 g/mol. The minimum absolute atomic E-state index is 0.0639. The Labute approximate surface area is 129 Å². The highest BCUT2D eigenvalue weighted by molar-refractivity contribution is 5.95. The number of carbonyl (C=O) groups excluding carboxylic acids is 2. The molecule has 1 aromatic rings. The highest BCUT2D eigenvalue weighted by atomic mass is 16.5. The Morgan fingerprint density at radius 2 is 1.68 bits per heavy atom. The van der Waals surface area contributed by atoms with E-state index < -0.39 is 11.9 Å². The Hall–Kier alpha value is -2.44. The number of rotatable bonds is 6. The fourth-order valence-corrected chi connectivity index (χ4v) is 1.75. The minimum Gasteiger partial charge on any atom is -0.493 e. The zero-order chi connectivity index (χ0) is 16.7. The smallest absolute Gasteiger partial charge is 0.321 e. The summed E-state index contributed by atoms with van der Waals surface area (Å²) < 4.78 is 15.9. The van der Waals surface area contributed by atoms with E-state index in [0.29, 0.717) is 17.2 Å². The average molecular weight is 310 g/mol. The second-order valence-electron chi connectivity index (χ2n) is 4.96. The lowest BCUT2D eigenvalue weighted by molar-refractivity contribution is -0.122. The number of amides is 3. The lowest BCUT2D eigenvalue weighted by Crippen LogP contribution is -2.44. The zero-order valence-corrected chi connectivity index (χ0v) is 13.5. The molecule has 22 heavy (non-hydrogen) atoms. The van der Waals surface area contributed by atoms with Crippen LogP contribution in [0.4, 0.5) is 4.79 Å². The fraction of sp³-hybridized carbons (Fsp3) is 0.467. The van der Waals surface area contributed by atoms with Crippen molar-refractivity contribution in [2.75, 3.05) is 20.8 Å². The first-order valence-corrected chi connectivity index (χ1v) is 6.83. The average Bonchev–Trinajstić information content (AvgIpc) is 2.43. The first-order valence-electron chi connectivity index (χ1n) is 6.83. The van der Waals surface area contributed by atoms with Gasteiger partial charge in [-0.1, -0.05) is 0 Å². The molecule has 0 unspecified atom stereocenters. The van der Waals surface area contributed by atoms with Crippen molar-refractivity contribution in [1.29, 1.82) is 0 Å². The van der Waals surface area contributed by atoms with Gasteiger partial charge in [0.1, 0.15) is 0 Å². The summed E-state index contributed by atoms with van der Waals surface area (Å²) in [5.74, 6) is 0.658. The summed E-state index contributed by atoms with van der Waals surface area (Å²) in [6.07, 6.45) is 0. The molecule has 0 aliphatic heterocycles. The molecule has 0 heterocycles. The standard InChI is InChI=1S/C15H22N2O5/c1-9(2)16-15(19)17-13(18)8-22-14-11(20-4)6-10(3)7-12(14)21-5/h6-7,9H,8H2,1-5H3,(H2,16,17,18,19). The van der Waals surface area contributed by atoms with Gasteiger partial charge in [0, 0.05) is 6.04 Å². The Bertz CT molecular complexity index is 518. The van der Waals surface area contributed by atoms with E-state index in [9.17, 15) is 9.59 Å². The first kappa shape index (κ1) is 17.6. The zero-order valence-electron chi connectivity index (χ0n) is 13.5. The molecular formula is C15H22N2O5. The molecule has 1 aromatic carbocycles. The summed E-state index contributed by atoms with van der Waals surface area (Å²) in [7, 11) is 2.99. The van der Waals surface area contributed by atoms with Gasteiger partial charge in [-0.15, -0.1) is 0 Å². The van der Waals surface area contributed by atoms with Crippen LogP contribution in [0.15, 0.2) is 12.1 Å². The number of benzene rings is 1. The third-order valence-corrected chi connectivity index (χ3v) is 2.63. The van der Waals surface area contributed by atoms with Gasteiger partial charge in [0.25, 0.3) is 5.91 Å². The molecule has 0 aromatic heterocycles. The number of imide groups is 1. The van der Waals surface area contributed by atoms with Crippen molar-refractivity contribution in [2.24, 2.45) is 0 Å². The molecule has 3 amide bonds. The summed E-state index contributed by atoms with van der Waals surface area (Å²) in [6.45, 7) is 5.14. The Balaban J connectivity index is 2.71. The van der Waals surface area contributed by atoms with Crippen molar-refractivity contribution < 1.29 is 23.8 Å². The van der Waals surface area contributed by atoms with Crippen molar-refractivity contribution in [3.05, 3.63) is 17.7 Å². The maximum Gasteiger partial charge on any atom is 0.321 e. The number of urea groups is 1. The number of hydrogen-bond acceptors (Lipinski definition) is 5. The van der Waals surface area contributed by atoms with Gasteiger partial charge >= 0.3 is 6.03 Å². The number of aryl methyl sites for hydroxylation is 1. The van der Waals surface area contributed by atoms with E-state index in [1.54, 1.807) is 26.0 Å². The van der Waals surface area contributed by atoms with Crippen LogP contribution >= 0.6 is 0 Å². The fourth-order valence-electron chi connectivity index (χ4n) is 1.75. The number of nitrogens with one attached hydrogen (secondary N) is 2. The van der Waals surface area contributed by atoms with Gasteiger partial charge in [-0.2, -0.15) is 0 Å². The quantitative estimate of drug-likeness (QED) is 0.834. The molecule has 7 heteroatoms. The molecule has 0 bridgehead atoms. The molecule has 0 radical (unpaired) electrons. The van der Waals surface area contributed by atoms with Gasteiger partial charge < -0.3 is 19.5 Å². The number of ether oxygens (including phenoxy) is 3. The van der Waals surface area contributed by atoms with Crippen molar-refractivity contribution in [1.82, 2.24) is 10.6 Å². The van der Waals surface area contributed by atoms with E-state index in [-0.39, 0.29) is 12.6 Å². The second-order valence-corrected chi connectivity index (χ2v) is 4.96. The summed E-state index contributed by atoms with van der Waals surface area (Å²) in [5, 5.41) is 4.72. The highest BCUT2D eigenvalue weighted by Gasteiger charge is 2.16. The predicted molar refractivity (Wildman–Crippen MR) is 81.6 cm³/mol. The van der Waals surface area contributed by atoms with Gasteiger partial charge in [0.15, 0.2) is 18.1 Å². The van der Waals surface area contributed by atoms with Crippen LogP contribution in [-0.2, 0) is 4.79 Å². The van der Waals surface area contributed by atoms with Crippen molar-refractivity contribution in [2.45, 2.75) is 26.8 Å². The maximum absolute atomic E-state index is 11.7. The Morgan fingerprint density at radius 1 is 1.14 bits per heavy atom. The van der Waals surface area contributed by atoms with Crippen LogP contribution in [0.25, 0.3) is 0 Å². The normalized spacial score (nSPS) is 10.1. The van der Waals surface area contributed by atoms with E-state index in [1.807, 2.05) is 6.92 Å². The lowest BCUT2D eigenvalue weighted by Gasteiger charge is -2.15. The molecule has 0 saturated heterocycles. The summed E-state index contributed by atoms with van der Waals surface area (Å²) in [6, 6.07) is 2.90. The summed E-state index contributed by atoms with van der Waals surface area (Å²) in [4.78, 5) is 23.1. The van der Waals surface area contributed by atoms with Gasteiger partial charge in [-0.05, 0) is 38.5 Å². The predicted octanol–water partition coefficient (Wildman–Crippen LogP) is 1.63. The molecule has 2 N–H and O–H groups in total. The third kappa shape index (κ3) is 5.16. The molecule has 0 saturated carbocycles. The molecule has 1 rings (SSSR count). The van der Waals surface area contributed by atoms with Crippen LogP contribution in [0.2, 0.25) is 0 Å². The van der Waals surface area contributed by atoms with Crippen molar-refractivity contribution >= 4 is 11.9 Å². The highest BCUT2D eigenvalue weighted by Crippen LogP contribution is 2.38. The van der Waals surface area contributed by atoms with E-state index in [0.717, 1.165) is 5.56 Å². The second kappa shape index (κ2) is 8.11. The van der Waals surface area contributed by atoms with Crippen LogP contribution in [0.1, 0.15) is 19.4 Å². The van der Waals surface area contributed by atoms with Crippen molar-refractivity contribution in [3.8, 4) is 17.2 Å². The molecule has 0 spiro atoms. The molecule has 7 nitrogen and oxygen atoms in total. The van der Waals surface area contributed by atoms with Gasteiger partial charge in [0.2, 0.25) is 5.75 Å². The topological polar surface area (TPSA) is 85.9 Å². The summed E-state index contributed by atoms with van der Waals surface area (Å²) >= 11 is 0. The minimum atomic E-state index is -0.567. The third-order valence-electron chi connectivity index (χ3n) is 2.63. The molecule has 0 aliphatic carbocycles. The van der Waals surface area contributed by atoms with Crippen LogP contribution in [0, 0.1) is 6.92 Å². The molecule has 0 fully saturated rings. The van der Waals surface area contributed by atoms with Crippen LogP contribution in [0.5, 0.6) is 17.2 Å². The van der Waals surface area contributed by atoms with Gasteiger partial charge in [-0.25, -0.2) is 4.79 Å². The van der Waals surface area contributed by atoms with Gasteiger partial charge in [-0.3, -0.25) is 10.1 Å². The first-order chi connectivity index (χ1) is 10.4. The molecule has 122 valence electrons. The van der Waals surface area contributed by atoms with E-state index in [1.165, 1.54) is 14.2 Å². The van der Waals surface area contributed by atoms with Crippen LogP contribution in [0.3, 0.4) is 0 Å². The van der Waals surface area contributed by atoms with Crippen molar-refractivity contribution in [3.63, 3.8) is 0 Å². The largest absolute Gasteiger partial charge is 0.493 e. The molecule has 0 aliphatic rings. The Morgan fingerprint density at radius 3 is 2.14 bits per heavy atom. The number of carbonyl (C=O) groups is 2. The number of hydrogen-bond donors (Lipinski definition) is 2. The van der Waals surface area contributed by atoms with E-state index in [2.05, 4.69) is 10.6 Å². The SMILES string of the molecule is COc1cc(C)cc(OC)c1OCC(=O)NC(=O)NC(C)C.